The second kappa shape index (κ2) is 5.88. The Kier molecular flexibility index (Phi) is 5.03. The summed E-state index contributed by atoms with van der Waals surface area (Å²) in [4.78, 5) is -0.625. The smallest absolute Gasteiger partial charge is 0.207 e. The molecule has 7 heteroatoms. The van der Waals surface area contributed by atoms with Crippen molar-refractivity contribution >= 4 is 26.0 Å². The van der Waals surface area contributed by atoms with E-state index in [0.29, 0.717) is 11.4 Å². The average molecular weight is 328 g/mol. The predicted octanol–water partition coefficient (Wildman–Crippen LogP) is 2.37. The number of hydrogen-bond acceptors (Lipinski definition) is 2. The van der Waals surface area contributed by atoms with Crippen LogP contribution < -0.4 is 0 Å². The van der Waals surface area contributed by atoms with Gasteiger partial charge in [0, 0.05) is 18.4 Å². The van der Waals surface area contributed by atoms with Gasteiger partial charge in [0.05, 0.1) is 0 Å². The summed E-state index contributed by atoms with van der Waals surface area (Å²) in [6.07, 6.45) is 0. The fourth-order valence-corrected chi connectivity index (χ4v) is 3.55. The lowest BCUT2D eigenvalue weighted by Gasteiger charge is -2.19. The van der Waals surface area contributed by atoms with E-state index in [4.69, 9.17) is 0 Å². The zero-order chi connectivity index (χ0) is 13.1. The zero-order valence-electron chi connectivity index (χ0n) is 9.16. The minimum Gasteiger partial charge on any atom is -0.207 e. The Morgan fingerprint density at radius 2 is 2.00 bits per heavy atom. The van der Waals surface area contributed by atoms with Crippen molar-refractivity contribution in [1.82, 2.24) is 4.31 Å². The van der Waals surface area contributed by atoms with Crippen molar-refractivity contribution in [3.05, 3.63) is 29.8 Å². The van der Waals surface area contributed by atoms with Gasteiger partial charge in [-0.05, 0) is 18.2 Å². The van der Waals surface area contributed by atoms with Crippen LogP contribution in [0.4, 0.5) is 8.78 Å². The van der Waals surface area contributed by atoms with Gasteiger partial charge in [-0.15, -0.1) is 0 Å². The molecule has 3 nitrogen and oxygen atoms in total. The average Bonchev–Trinajstić information content (AvgIpc) is 2.28. The van der Waals surface area contributed by atoms with Gasteiger partial charge < -0.3 is 0 Å². The Morgan fingerprint density at radius 3 is 2.53 bits per heavy atom. The molecule has 17 heavy (non-hydrogen) atoms. The monoisotopic (exact) mass is 327 g/mol. The molecule has 0 bridgehead atoms. The van der Waals surface area contributed by atoms with Crippen LogP contribution in [-0.4, -0.2) is 31.1 Å². The number of sulfonamides is 1. The van der Waals surface area contributed by atoms with Crippen LogP contribution in [0.2, 0.25) is 0 Å². The van der Waals surface area contributed by atoms with Crippen LogP contribution in [0.15, 0.2) is 23.1 Å². The molecule has 0 spiro atoms. The van der Waals surface area contributed by atoms with Crippen LogP contribution in [0.25, 0.3) is 0 Å². The minimum atomic E-state index is -3.98. The van der Waals surface area contributed by atoms with E-state index in [0.717, 1.165) is 16.4 Å². The van der Waals surface area contributed by atoms with Crippen molar-refractivity contribution in [2.75, 3.05) is 18.4 Å². The third kappa shape index (κ3) is 3.23. The molecule has 0 N–H and O–H groups in total. The van der Waals surface area contributed by atoms with E-state index < -0.39 is 26.6 Å². The van der Waals surface area contributed by atoms with E-state index in [1.165, 1.54) is 0 Å². The highest BCUT2D eigenvalue weighted by Gasteiger charge is 2.26. The summed E-state index contributed by atoms with van der Waals surface area (Å²) in [5.74, 6) is -1.72. The van der Waals surface area contributed by atoms with E-state index >= 15 is 0 Å². The predicted molar refractivity (Wildman–Crippen MR) is 64.6 cm³/mol. The third-order valence-electron chi connectivity index (χ3n) is 2.20. The maximum absolute atomic E-state index is 13.4. The molecule has 0 radical (unpaired) electrons. The van der Waals surface area contributed by atoms with Gasteiger partial charge in [-0.1, -0.05) is 22.9 Å². The van der Waals surface area contributed by atoms with Gasteiger partial charge in [0.2, 0.25) is 10.0 Å². The molecule has 0 aliphatic rings. The summed E-state index contributed by atoms with van der Waals surface area (Å²) >= 11 is 3.11. The van der Waals surface area contributed by atoms with Crippen LogP contribution in [0.5, 0.6) is 0 Å². The number of nitrogens with zero attached hydrogens (tertiary/aromatic N) is 1. The molecule has 0 aliphatic carbocycles. The molecular weight excluding hydrogens is 316 g/mol. The molecule has 0 heterocycles. The second-order valence-electron chi connectivity index (χ2n) is 3.26. The van der Waals surface area contributed by atoms with Gasteiger partial charge in [0.25, 0.3) is 0 Å². The van der Waals surface area contributed by atoms with Gasteiger partial charge >= 0.3 is 0 Å². The first-order valence-electron chi connectivity index (χ1n) is 4.94. The van der Waals surface area contributed by atoms with E-state index in [2.05, 4.69) is 15.9 Å². The fraction of sp³-hybridized carbons (Fsp3) is 0.400. The van der Waals surface area contributed by atoms with Crippen molar-refractivity contribution in [2.45, 2.75) is 11.8 Å². The Labute approximate surface area is 108 Å². The molecule has 96 valence electrons. The summed E-state index contributed by atoms with van der Waals surface area (Å²) < 4.78 is 51.5. The number of hydrogen-bond donors (Lipinski definition) is 0. The first-order valence-corrected chi connectivity index (χ1v) is 7.50. The van der Waals surface area contributed by atoms with Gasteiger partial charge in [0.15, 0.2) is 0 Å². The van der Waals surface area contributed by atoms with Gasteiger partial charge in [-0.25, -0.2) is 17.2 Å². The van der Waals surface area contributed by atoms with Gasteiger partial charge in [-0.3, -0.25) is 0 Å². The summed E-state index contributed by atoms with van der Waals surface area (Å²) in [6, 6.07) is 2.39. The lowest BCUT2D eigenvalue weighted by Crippen LogP contribution is -2.33. The van der Waals surface area contributed by atoms with Crippen LogP contribution in [0, 0.1) is 11.6 Å². The SMILES string of the molecule is CCN(CCBr)S(=O)(=O)c1cc(F)ccc1F. The Bertz CT molecular complexity index is 493. The van der Waals surface area contributed by atoms with Crippen molar-refractivity contribution in [1.29, 1.82) is 0 Å². The third-order valence-corrected chi connectivity index (χ3v) is 4.54. The summed E-state index contributed by atoms with van der Waals surface area (Å²) in [5.41, 5.74) is 0. The van der Waals surface area contributed by atoms with E-state index in [1.54, 1.807) is 6.92 Å². The normalized spacial score (nSPS) is 12.1. The summed E-state index contributed by atoms with van der Waals surface area (Å²) in [5, 5.41) is 0.428. The number of alkyl halides is 1. The van der Waals surface area contributed by atoms with Crippen LogP contribution in [-0.2, 0) is 10.0 Å². The lowest BCUT2D eigenvalue weighted by molar-refractivity contribution is 0.441. The molecule has 0 saturated heterocycles. The number of rotatable bonds is 5. The molecule has 1 aromatic carbocycles. The van der Waals surface area contributed by atoms with E-state index in [1.807, 2.05) is 0 Å². The molecule has 0 atom stereocenters. The summed E-state index contributed by atoms with van der Waals surface area (Å²) in [6.45, 7) is 2.04. The fourth-order valence-electron chi connectivity index (χ4n) is 1.36. The zero-order valence-corrected chi connectivity index (χ0v) is 11.6. The highest BCUT2D eigenvalue weighted by molar-refractivity contribution is 9.09. The van der Waals surface area contributed by atoms with Gasteiger partial charge in [-0.2, -0.15) is 4.31 Å². The van der Waals surface area contributed by atoms with Crippen LogP contribution in [0.1, 0.15) is 6.92 Å². The Balaban J connectivity index is 3.24. The first-order chi connectivity index (χ1) is 7.93. The number of halogens is 3. The minimum absolute atomic E-state index is 0.198. The van der Waals surface area contributed by atoms with Crippen molar-refractivity contribution < 1.29 is 17.2 Å². The quantitative estimate of drug-likeness (QED) is 0.778. The molecule has 0 unspecified atom stereocenters. The maximum atomic E-state index is 13.4. The van der Waals surface area contributed by atoms with Crippen molar-refractivity contribution in [3.8, 4) is 0 Å². The molecule has 0 amide bonds. The highest BCUT2D eigenvalue weighted by Crippen LogP contribution is 2.20. The Morgan fingerprint density at radius 1 is 1.35 bits per heavy atom. The highest BCUT2D eigenvalue weighted by atomic mass is 79.9. The Hall–Kier alpha value is -0.530. The largest absolute Gasteiger partial charge is 0.246 e. The lowest BCUT2D eigenvalue weighted by atomic mass is 10.3. The van der Waals surface area contributed by atoms with Crippen LogP contribution in [0.3, 0.4) is 0 Å². The maximum Gasteiger partial charge on any atom is 0.246 e. The molecular formula is C10H12BrF2NO2S. The molecule has 0 aromatic heterocycles. The summed E-state index contributed by atoms with van der Waals surface area (Å²) in [7, 11) is -3.98. The van der Waals surface area contributed by atoms with Crippen molar-refractivity contribution in [2.24, 2.45) is 0 Å². The molecule has 0 aliphatic heterocycles. The van der Waals surface area contributed by atoms with Crippen LogP contribution >= 0.6 is 15.9 Å². The molecule has 0 saturated carbocycles. The topological polar surface area (TPSA) is 37.4 Å². The van der Waals surface area contributed by atoms with Crippen molar-refractivity contribution in [3.63, 3.8) is 0 Å². The molecule has 0 fully saturated rings. The molecule has 1 rings (SSSR count). The van der Waals surface area contributed by atoms with E-state index in [-0.39, 0.29) is 13.1 Å². The first kappa shape index (κ1) is 14.5. The standard InChI is InChI=1S/C10H12BrF2NO2S/c1-2-14(6-5-11)17(15,16)10-7-8(12)3-4-9(10)13/h3-4,7H,2,5-6H2,1H3. The second-order valence-corrected chi connectivity index (χ2v) is 5.96. The number of benzene rings is 1. The van der Waals surface area contributed by atoms with E-state index in [9.17, 15) is 17.2 Å². The molecule has 1 aromatic rings. The van der Waals surface area contributed by atoms with Gasteiger partial charge in [0.1, 0.15) is 16.5 Å².